The zero-order valence-corrected chi connectivity index (χ0v) is 26.0. The predicted molar refractivity (Wildman–Crippen MR) is 195 cm³/mol. The molecule has 7 aromatic carbocycles. The standard InChI is InChI=1S/C44H28N4/c45-29-30-10-9-17-37(26-30)31-18-20-32(21-19-31)40-27-38-15-7-8-16-39(38)28-41(40)33-22-24-36(25-23-33)44-47-42(34-11-3-1-4-12-34)46-43(48-44)35-13-5-2-6-14-35/h1-28H. The van der Waals surface area contributed by atoms with Crippen LogP contribution in [0.3, 0.4) is 0 Å². The summed E-state index contributed by atoms with van der Waals surface area (Å²) in [5.74, 6) is 1.91. The number of aromatic nitrogens is 3. The second kappa shape index (κ2) is 12.6. The van der Waals surface area contributed by atoms with Crippen LogP contribution in [0.1, 0.15) is 5.56 Å². The van der Waals surface area contributed by atoms with Crippen molar-refractivity contribution in [1.82, 2.24) is 15.0 Å². The highest BCUT2D eigenvalue weighted by Crippen LogP contribution is 2.37. The average molecular weight is 613 g/mol. The number of hydrogen-bond donors (Lipinski definition) is 0. The van der Waals surface area contributed by atoms with Crippen molar-refractivity contribution in [2.24, 2.45) is 0 Å². The highest BCUT2D eigenvalue weighted by atomic mass is 15.0. The lowest BCUT2D eigenvalue weighted by molar-refractivity contribution is 1.07. The Kier molecular flexibility index (Phi) is 7.54. The van der Waals surface area contributed by atoms with Gasteiger partial charge in [-0.25, -0.2) is 15.0 Å². The van der Waals surface area contributed by atoms with Gasteiger partial charge in [0.2, 0.25) is 0 Å². The SMILES string of the molecule is N#Cc1cccc(-c2ccc(-c3cc4ccccc4cc3-c3ccc(-c4nc(-c5ccccc5)nc(-c5ccccc5)n4)cc3)cc2)c1. The van der Waals surface area contributed by atoms with Crippen LogP contribution in [0.2, 0.25) is 0 Å². The van der Waals surface area contributed by atoms with Gasteiger partial charge < -0.3 is 0 Å². The van der Waals surface area contributed by atoms with Crippen molar-refractivity contribution in [2.45, 2.75) is 0 Å². The van der Waals surface area contributed by atoms with Gasteiger partial charge in [-0.05, 0) is 68.4 Å². The first-order valence-electron chi connectivity index (χ1n) is 15.8. The third kappa shape index (κ3) is 5.73. The van der Waals surface area contributed by atoms with E-state index in [2.05, 4.69) is 91.0 Å². The number of rotatable bonds is 6. The maximum atomic E-state index is 9.37. The molecule has 0 unspecified atom stereocenters. The second-order valence-electron chi connectivity index (χ2n) is 11.6. The number of nitrogens with zero attached hydrogens (tertiary/aromatic N) is 4. The van der Waals surface area contributed by atoms with E-state index in [4.69, 9.17) is 15.0 Å². The van der Waals surface area contributed by atoms with Crippen molar-refractivity contribution >= 4 is 10.8 Å². The van der Waals surface area contributed by atoms with E-state index in [9.17, 15) is 5.26 Å². The largest absolute Gasteiger partial charge is 0.208 e. The lowest BCUT2D eigenvalue weighted by Crippen LogP contribution is -2.00. The predicted octanol–water partition coefficient (Wildman–Crippen LogP) is 10.9. The van der Waals surface area contributed by atoms with E-state index in [1.165, 1.54) is 10.8 Å². The Bertz CT molecular complexity index is 2370. The van der Waals surface area contributed by atoms with Gasteiger partial charge in [0.1, 0.15) is 0 Å². The molecule has 0 atom stereocenters. The summed E-state index contributed by atoms with van der Waals surface area (Å²) in [6.45, 7) is 0. The van der Waals surface area contributed by atoms with Gasteiger partial charge in [-0.3, -0.25) is 0 Å². The zero-order valence-electron chi connectivity index (χ0n) is 26.0. The number of nitriles is 1. The quantitative estimate of drug-likeness (QED) is 0.187. The van der Waals surface area contributed by atoms with Crippen LogP contribution < -0.4 is 0 Å². The fourth-order valence-corrected chi connectivity index (χ4v) is 6.07. The Labute approximate surface area is 279 Å². The van der Waals surface area contributed by atoms with E-state index in [0.717, 1.165) is 50.1 Å². The average Bonchev–Trinajstić information content (AvgIpc) is 3.18. The Morgan fingerprint density at radius 1 is 0.333 bits per heavy atom. The van der Waals surface area contributed by atoms with Crippen molar-refractivity contribution in [3.05, 3.63) is 175 Å². The summed E-state index contributed by atoms with van der Waals surface area (Å²) < 4.78 is 0. The highest BCUT2D eigenvalue weighted by Gasteiger charge is 2.14. The molecule has 8 aromatic rings. The number of benzene rings is 7. The first-order valence-corrected chi connectivity index (χ1v) is 15.8. The molecular weight excluding hydrogens is 585 g/mol. The van der Waals surface area contributed by atoms with Crippen molar-refractivity contribution in [3.8, 4) is 73.6 Å². The number of fused-ring (bicyclic) bond motifs is 1. The van der Waals surface area contributed by atoms with E-state index in [0.29, 0.717) is 23.0 Å². The van der Waals surface area contributed by atoms with Gasteiger partial charge in [0.05, 0.1) is 11.6 Å². The molecule has 4 heteroatoms. The zero-order chi connectivity index (χ0) is 32.3. The summed E-state index contributed by atoms with van der Waals surface area (Å²) >= 11 is 0. The van der Waals surface area contributed by atoms with Crippen LogP contribution in [0.25, 0.3) is 78.3 Å². The third-order valence-electron chi connectivity index (χ3n) is 8.56. The smallest absolute Gasteiger partial charge is 0.164 e. The number of hydrogen-bond acceptors (Lipinski definition) is 4. The van der Waals surface area contributed by atoms with Crippen molar-refractivity contribution < 1.29 is 0 Å². The van der Waals surface area contributed by atoms with Crippen molar-refractivity contribution in [1.29, 1.82) is 5.26 Å². The Morgan fingerprint density at radius 3 is 1.21 bits per heavy atom. The topological polar surface area (TPSA) is 62.5 Å². The van der Waals surface area contributed by atoms with Crippen LogP contribution >= 0.6 is 0 Å². The van der Waals surface area contributed by atoms with Crippen LogP contribution in [0, 0.1) is 11.3 Å². The minimum atomic E-state index is 0.629. The van der Waals surface area contributed by atoms with Gasteiger partial charge in [-0.15, -0.1) is 0 Å². The first-order chi connectivity index (χ1) is 23.7. The molecule has 0 bridgehead atoms. The first kappa shape index (κ1) is 28.8. The molecule has 0 saturated heterocycles. The Balaban J connectivity index is 1.20. The fraction of sp³-hybridized carbons (Fsp3) is 0. The summed E-state index contributed by atoms with van der Waals surface area (Å²) in [6.07, 6.45) is 0. The molecule has 0 N–H and O–H groups in total. The molecule has 8 rings (SSSR count). The van der Waals surface area contributed by atoms with Crippen molar-refractivity contribution in [2.75, 3.05) is 0 Å². The molecule has 1 aromatic heterocycles. The van der Waals surface area contributed by atoms with E-state index in [-0.39, 0.29) is 0 Å². The summed E-state index contributed by atoms with van der Waals surface area (Å²) in [4.78, 5) is 14.7. The van der Waals surface area contributed by atoms with Gasteiger partial charge in [-0.1, -0.05) is 146 Å². The summed E-state index contributed by atoms with van der Waals surface area (Å²) in [7, 11) is 0. The second-order valence-corrected chi connectivity index (χ2v) is 11.6. The lowest BCUT2D eigenvalue weighted by Gasteiger charge is -2.14. The van der Waals surface area contributed by atoms with Gasteiger partial charge in [-0.2, -0.15) is 5.26 Å². The molecule has 0 amide bonds. The van der Waals surface area contributed by atoms with Gasteiger partial charge in [0, 0.05) is 16.7 Å². The maximum absolute atomic E-state index is 9.37. The monoisotopic (exact) mass is 612 g/mol. The van der Waals surface area contributed by atoms with Crippen molar-refractivity contribution in [3.63, 3.8) is 0 Å². The molecule has 1 heterocycles. The molecule has 0 spiro atoms. The Hall–Kier alpha value is -6.70. The molecule has 0 saturated carbocycles. The van der Waals surface area contributed by atoms with Crippen LogP contribution in [0.5, 0.6) is 0 Å². The van der Waals surface area contributed by atoms with Crippen LogP contribution in [0.4, 0.5) is 0 Å². The van der Waals surface area contributed by atoms with E-state index in [1.807, 2.05) is 84.9 Å². The molecule has 0 aliphatic heterocycles. The molecule has 4 nitrogen and oxygen atoms in total. The molecular formula is C44H28N4. The molecule has 0 fully saturated rings. The summed E-state index contributed by atoms with van der Waals surface area (Å²) in [6, 6.07) is 60.1. The summed E-state index contributed by atoms with van der Waals surface area (Å²) in [5.41, 5.74) is 10.1. The van der Waals surface area contributed by atoms with Crippen LogP contribution in [-0.4, -0.2) is 15.0 Å². The van der Waals surface area contributed by atoms with E-state index < -0.39 is 0 Å². The minimum absolute atomic E-state index is 0.629. The van der Waals surface area contributed by atoms with Gasteiger partial charge in [0.25, 0.3) is 0 Å². The van der Waals surface area contributed by atoms with E-state index >= 15 is 0 Å². The molecule has 0 aliphatic rings. The van der Waals surface area contributed by atoms with Crippen LogP contribution in [-0.2, 0) is 0 Å². The Morgan fingerprint density at radius 2 is 0.729 bits per heavy atom. The minimum Gasteiger partial charge on any atom is -0.208 e. The van der Waals surface area contributed by atoms with Crippen LogP contribution in [0.15, 0.2) is 170 Å². The third-order valence-corrected chi connectivity index (χ3v) is 8.56. The molecule has 0 aliphatic carbocycles. The highest BCUT2D eigenvalue weighted by molar-refractivity contribution is 5.96. The summed E-state index contributed by atoms with van der Waals surface area (Å²) in [5, 5.41) is 11.7. The fourth-order valence-electron chi connectivity index (χ4n) is 6.07. The van der Waals surface area contributed by atoms with E-state index in [1.54, 1.807) is 0 Å². The maximum Gasteiger partial charge on any atom is 0.164 e. The normalized spacial score (nSPS) is 10.9. The molecule has 224 valence electrons. The van der Waals surface area contributed by atoms with Gasteiger partial charge >= 0.3 is 0 Å². The lowest BCUT2D eigenvalue weighted by atomic mass is 9.90. The molecule has 48 heavy (non-hydrogen) atoms. The van der Waals surface area contributed by atoms with Gasteiger partial charge in [0.15, 0.2) is 17.5 Å². The molecule has 0 radical (unpaired) electrons.